The fraction of sp³-hybridized carbons (Fsp3) is 0. The van der Waals surface area contributed by atoms with Gasteiger partial charge in [-0.25, -0.2) is 8.42 Å². The molecule has 2 aromatic rings. The molecule has 1 heterocycles. The summed E-state index contributed by atoms with van der Waals surface area (Å²) >= 11 is 1.13. The number of halogens is 1. The Morgan fingerprint density at radius 1 is 1.07 bits per heavy atom. The molecule has 1 aromatic heterocycles. The van der Waals surface area contributed by atoms with E-state index in [2.05, 4.69) is 0 Å². The highest BCUT2D eigenvalue weighted by Gasteiger charge is 2.13. The fourth-order valence-electron chi connectivity index (χ4n) is 1.23. The molecule has 0 N–H and O–H groups in total. The van der Waals surface area contributed by atoms with Crippen LogP contribution in [0.15, 0.2) is 46.0 Å². The van der Waals surface area contributed by atoms with Crippen molar-refractivity contribution < 1.29 is 8.42 Å². The van der Waals surface area contributed by atoms with Gasteiger partial charge in [-0.2, -0.15) is 0 Å². The molecular weight excluding hydrogens is 252 g/mol. The Hall–Kier alpha value is -0.840. The molecule has 2 rings (SSSR count). The largest absolute Gasteiger partial charge is 0.270 e. The van der Waals surface area contributed by atoms with E-state index in [0.717, 1.165) is 22.5 Å². The van der Waals surface area contributed by atoms with Crippen molar-refractivity contribution in [3.8, 4) is 11.1 Å². The summed E-state index contributed by atoms with van der Waals surface area (Å²) in [5.41, 5.74) is 1.86. The Morgan fingerprint density at radius 2 is 1.73 bits per heavy atom. The van der Waals surface area contributed by atoms with Crippen molar-refractivity contribution in [1.29, 1.82) is 0 Å². The van der Waals surface area contributed by atoms with Gasteiger partial charge in [0.2, 0.25) is 0 Å². The maximum absolute atomic E-state index is 11.1. The van der Waals surface area contributed by atoms with Crippen LogP contribution in [0.25, 0.3) is 11.1 Å². The highest BCUT2D eigenvalue weighted by molar-refractivity contribution is 8.15. The number of benzene rings is 1. The average molecular weight is 259 g/mol. The number of hydrogen-bond acceptors (Lipinski definition) is 3. The zero-order chi connectivity index (χ0) is 10.9. The van der Waals surface area contributed by atoms with Crippen LogP contribution in [-0.4, -0.2) is 8.42 Å². The minimum absolute atomic E-state index is 0.183. The third-order valence-electron chi connectivity index (χ3n) is 1.92. The van der Waals surface area contributed by atoms with E-state index < -0.39 is 9.05 Å². The normalized spacial score (nSPS) is 11.5. The molecule has 15 heavy (non-hydrogen) atoms. The first-order valence-corrected chi connectivity index (χ1v) is 7.35. The van der Waals surface area contributed by atoms with Crippen LogP contribution < -0.4 is 0 Å². The van der Waals surface area contributed by atoms with Gasteiger partial charge in [0.1, 0.15) is 4.21 Å². The molecule has 0 bridgehead atoms. The fourth-order valence-corrected chi connectivity index (χ4v) is 3.20. The van der Waals surface area contributed by atoms with Gasteiger partial charge in [0, 0.05) is 10.7 Å². The van der Waals surface area contributed by atoms with E-state index in [1.54, 1.807) is 11.4 Å². The summed E-state index contributed by atoms with van der Waals surface area (Å²) in [6.07, 6.45) is 0. The summed E-state index contributed by atoms with van der Waals surface area (Å²) in [5, 5.41) is 1.78. The number of rotatable bonds is 2. The van der Waals surface area contributed by atoms with Crippen LogP contribution >= 0.6 is 22.0 Å². The summed E-state index contributed by atoms with van der Waals surface area (Å²) in [6.45, 7) is 0. The van der Waals surface area contributed by atoms with Crippen LogP contribution in [0.2, 0.25) is 0 Å². The van der Waals surface area contributed by atoms with Gasteiger partial charge in [-0.1, -0.05) is 30.3 Å². The average Bonchev–Trinajstić information content (AvgIpc) is 2.67. The molecule has 0 aliphatic carbocycles. The quantitative estimate of drug-likeness (QED) is 0.775. The zero-order valence-corrected chi connectivity index (χ0v) is 9.94. The molecular formula is C10H7ClO2S2. The molecule has 0 spiro atoms. The smallest absolute Gasteiger partial charge is 0.206 e. The second-order valence-corrected chi connectivity index (χ2v) is 6.66. The molecule has 78 valence electrons. The molecule has 0 saturated carbocycles. The first-order valence-electron chi connectivity index (χ1n) is 4.16. The summed E-state index contributed by atoms with van der Waals surface area (Å²) in [7, 11) is 1.64. The predicted molar refractivity (Wildman–Crippen MR) is 62.8 cm³/mol. The zero-order valence-electron chi connectivity index (χ0n) is 7.55. The van der Waals surface area contributed by atoms with E-state index in [0.29, 0.717) is 0 Å². The van der Waals surface area contributed by atoms with Crippen LogP contribution in [0.3, 0.4) is 0 Å². The molecule has 0 aliphatic rings. The van der Waals surface area contributed by atoms with E-state index in [9.17, 15) is 8.42 Å². The van der Waals surface area contributed by atoms with E-state index in [-0.39, 0.29) is 4.21 Å². The van der Waals surface area contributed by atoms with E-state index in [1.807, 2.05) is 30.3 Å². The van der Waals surface area contributed by atoms with Gasteiger partial charge in [0.05, 0.1) is 0 Å². The third kappa shape index (κ3) is 2.40. The second kappa shape index (κ2) is 3.96. The van der Waals surface area contributed by atoms with Crippen LogP contribution in [0.5, 0.6) is 0 Å². The molecule has 5 heteroatoms. The molecule has 0 aliphatic heterocycles. The lowest BCUT2D eigenvalue weighted by molar-refractivity contribution is 0.611. The van der Waals surface area contributed by atoms with Gasteiger partial charge < -0.3 is 0 Å². The van der Waals surface area contributed by atoms with Crippen LogP contribution in [0.1, 0.15) is 0 Å². The molecule has 0 atom stereocenters. The molecule has 0 fully saturated rings. The van der Waals surface area contributed by atoms with Crippen molar-refractivity contribution in [2.24, 2.45) is 0 Å². The minimum atomic E-state index is -3.60. The molecule has 1 aromatic carbocycles. The first-order chi connectivity index (χ1) is 7.07. The highest BCUT2D eigenvalue weighted by Crippen LogP contribution is 2.29. The van der Waals surface area contributed by atoms with Crippen LogP contribution in [-0.2, 0) is 9.05 Å². The van der Waals surface area contributed by atoms with Crippen molar-refractivity contribution >= 4 is 31.1 Å². The Balaban J connectivity index is 2.46. The predicted octanol–water partition coefficient (Wildman–Crippen LogP) is 3.34. The van der Waals surface area contributed by atoms with Crippen molar-refractivity contribution in [3.05, 3.63) is 41.8 Å². The summed E-state index contributed by atoms with van der Waals surface area (Å²) < 4.78 is 22.3. The molecule has 0 amide bonds. The van der Waals surface area contributed by atoms with Gasteiger partial charge >= 0.3 is 0 Å². The Labute approximate surface area is 96.6 Å². The van der Waals surface area contributed by atoms with Crippen molar-refractivity contribution in [1.82, 2.24) is 0 Å². The van der Waals surface area contributed by atoms with Crippen molar-refractivity contribution in [3.63, 3.8) is 0 Å². The second-order valence-electron chi connectivity index (χ2n) is 2.96. The van der Waals surface area contributed by atoms with Gasteiger partial charge in [0.25, 0.3) is 9.05 Å². The molecule has 0 saturated heterocycles. The summed E-state index contributed by atoms with van der Waals surface area (Å²) in [6, 6.07) is 11.2. The SMILES string of the molecule is O=S(=O)(Cl)c1cc(-c2ccccc2)cs1. The van der Waals surface area contributed by atoms with Gasteiger partial charge in [-0.15, -0.1) is 11.3 Å². The van der Waals surface area contributed by atoms with Crippen LogP contribution in [0.4, 0.5) is 0 Å². The third-order valence-corrected chi connectivity index (χ3v) is 4.96. The Kier molecular flexibility index (Phi) is 2.82. The first kappa shape index (κ1) is 10.7. The lowest BCUT2D eigenvalue weighted by Crippen LogP contribution is -1.83. The monoisotopic (exact) mass is 258 g/mol. The maximum atomic E-state index is 11.1. The van der Waals surface area contributed by atoms with Gasteiger partial charge in [-0.05, 0) is 22.6 Å². The Bertz CT molecular complexity index is 558. The Morgan fingerprint density at radius 3 is 2.27 bits per heavy atom. The molecule has 0 radical (unpaired) electrons. The van der Waals surface area contributed by atoms with Crippen molar-refractivity contribution in [2.45, 2.75) is 4.21 Å². The van der Waals surface area contributed by atoms with Gasteiger partial charge in [-0.3, -0.25) is 0 Å². The standard InChI is InChI=1S/C10H7ClO2S2/c11-15(12,13)10-6-9(7-14-10)8-4-2-1-3-5-8/h1-7H. The minimum Gasteiger partial charge on any atom is -0.206 e. The highest BCUT2D eigenvalue weighted by atomic mass is 35.7. The lowest BCUT2D eigenvalue weighted by atomic mass is 10.1. The molecule has 0 unspecified atom stereocenters. The van der Waals surface area contributed by atoms with Crippen LogP contribution in [0, 0.1) is 0 Å². The number of thiophene rings is 1. The van der Waals surface area contributed by atoms with E-state index in [1.165, 1.54) is 0 Å². The number of hydrogen-bond donors (Lipinski definition) is 0. The lowest BCUT2D eigenvalue weighted by Gasteiger charge is -1.94. The topological polar surface area (TPSA) is 34.1 Å². The van der Waals surface area contributed by atoms with E-state index >= 15 is 0 Å². The summed E-state index contributed by atoms with van der Waals surface area (Å²) in [4.78, 5) is 0. The summed E-state index contributed by atoms with van der Waals surface area (Å²) in [5.74, 6) is 0. The van der Waals surface area contributed by atoms with Crippen molar-refractivity contribution in [2.75, 3.05) is 0 Å². The maximum Gasteiger partial charge on any atom is 0.270 e. The van der Waals surface area contributed by atoms with Gasteiger partial charge in [0.15, 0.2) is 0 Å². The van der Waals surface area contributed by atoms with E-state index in [4.69, 9.17) is 10.7 Å². The molecule has 2 nitrogen and oxygen atoms in total.